The topological polar surface area (TPSA) is 42.3 Å². The number of hydrogen-bond acceptors (Lipinski definition) is 3. The molecule has 0 N–H and O–H groups in total. The van der Waals surface area contributed by atoms with Crippen molar-refractivity contribution in [2.45, 2.75) is 16.6 Å². The first kappa shape index (κ1) is 17.1. The monoisotopic (exact) mass is 426 g/mol. The molecule has 1 fully saturated rings. The summed E-state index contributed by atoms with van der Waals surface area (Å²) in [6.07, 6.45) is 4.19. The Hall–Kier alpha value is -2.31. The van der Waals surface area contributed by atoms with Gasteiger partial charge in [0.1, 0.15) is 0 Å². The maximum absolute atomic E-state index is 12.7. The van der Waals surface area contributed by atoms with Crippen molar-refractivity contribution in [3.63, 3.8) is 0 Å². The van der Waals surface area contributed by atoms with Crippen LogP contribution < -0.4 is 4.90 Å². The molecule has 2 heterocycles. The number of amides is 2. The molecule has 6 heteroatoms. The Kier molecular flexibility index (Phi) is 4.70. The molecule has 1 aromatic heterocycles. The average molecular weight is 427 g/mol. The Balaban J connectivity index is 1.49. The highest BCUT2D eigenvalue weighted by atomic mass is 79.9. The van der Waals surface area contributed by atoms with Crippen LogP contribution in [-0.2, 0) is 9.59 Å². The minimum atomic E-state index is -0.386. The Morgan fingerprint density at radius 2 is 1.50 bits per heavy atom. The molecule has 1 saturated heterocycles. The summed E-state index contributed by atoms with van der Waals surface area (Å²) in [6.45, 7) is 0. The lowest BCUT2D eigenvalue weighted by atomic mass is 10.3. The molecule has 1 aliphatic heterocycles. The Morgan fingerprint density at radius 1 is 0.885 bits per heavy atom. The number of thioether (sulfide) groups is 1. The van der Waals surface area contributed by atoms with Crippen molar-refractivity contribution < 1.29 is 9.59 Å². The van der Waals surface area contributed by atoms with Gasteiger partial charge in [0.25, 0.3) is 0 Å². The molecular weight excluding hydrogens is 412 g/mol. The molecule has 0 spiro atoms. The molecule has 2 aromatic carbocycles. The molecule has 4 nitrogen and oxygen atoms in total. The van der Waals surface area contributed by atoms with Gasteiger partial charge in [0, 0.05) is 33.9 Å². The maximum Gasteiger partial charge on any atom is 0.247 e. The minimum absolute atomic E-state index is 0.154. The third kappa shape index (κ3) is 3.34. The van der Waals surface area contributed by atoms with Crippen LogP contribution in [0, 0.1) is 0 Å². The molecule has 26 heavy (non-hydrogen) atoms. The van der Waals surface area contributed by atoms with Gasteiger partial charge in [-0.25, -0.2) is 4.90 Å². The molecule has 4 rings (SSSR count). The highest BCUT2D eigenvalue weighted by molar-refractivity contribution is 9.10. The van der Waals surface area contributed by atoms with Crippen LogP contribution in [0.3, 0.4) is 0 Å². The summed E-state index contributed by atoms with van der Waals surface area (Å²) in [5, 5.41) is -0.386. The number of benzene rings is 2. The van der Waals surface area contributed by atoms with Crippen molar-refractivity contribution in [3.05, 3.63) is 77.5 Å². The lowest BCUT2D eigenvalue weighted by Crippen LogP contribution is -2.31. The quantitative estimate of drug-likeness (QED) is 0.569. The van der Waals surface area contributed by atoms with E-state index in [-0.39, 0.29) is 23.5 Å². The lowest BCUT2D eigenvalue weighted by molar-refractivity contribution is -0.121. The summed E-state index contributed by atoms with van der Waals surface area (Å²) in [5.41, 5.74) is 1.68. The van der Waals surface area contributed by atoms with Gasteiger partial charge in [0.15, 0.2) is 0 Å². The molecule has 0 bridgehead atoms. The normalized spacial score (nSPS) is 17.1. The molecule has 1 atom stereocenters. The van der Waals surface area contributed by atoms with Gasteiger partial charge in [0.2, 0.25) is 11.8 Å². The van der Waals surface area contributed by atoms with Crippen LogP contribution in [0.15, 0.2) is 82.4 Å². The highest BCUT2D eigenvalue weighted by Crippen LogP contribution is 2.34. The lowest BCUT2D eigenvalue weighted by Gasteiger charge is -2.15. The largest absolute Gasteiger partial charge is 0.324 e. The fraction of sp³-hybridized carbons (Fsp3) is 0.100. The van der Waals surface area contributed by atoms with E-state index in [9.17, 15) is 9.59 Å². The third-order valence-electron chi connectivity index (χ3n) is 4.21. The zero-order chi connectivity index (χ0) is 18.1. The first-order chi connectivity index (χ1) is 12.6. The van der Waals surface area contributed by atoms with Crippen LogP contribution in [0.5, 0.6) is 0 Å². The number of hydrogen-bond donors (Lipinski definition) is 0. The van der Waals surface area contributed by atoms with Crippen LogP contribution >= 0.6 is 27.7 Å². The van der Waals surface area contributed by atoms with E-state index in [2.05, 4.69) is 15.9 Å². The SMILES string of the molecule is O=C1CC(Sc2ccc(-n3cccc3)cc2)C(=O)N1c1ccc(Br)cc1. The molecule has 3 aromatic rings. The minimum Gasteiger partial charge on any atom is -0.324 e. The number of carbonyl (C=O) groups excluding carboxylic acids is 2. The highest BCUT2D eigenvalue weighted by Gasteiger charge is 2.40. The van der Waals surface area contributed by atoms with E-state index < -0.39 is 0 Å². The van der Waals surface area contributed by atoms with Crippen LogP contribution in [0.1, 0.15) is 6.42 Å². The Labute approximate surface area is 163 Å². The fourth-order valence-electron chi connectivity index (χ4n) is 2.93. The van der Waals surface area contributed by atoms with E-state index in [1.165, 1.54) is 16.7 Å². The van der Waals surface area contributed by atoms with Gasteiger partial charge in [-0.15, -0.1) is 11.8 Å². The zero-order valence-corrected chi connectivity index (χ0v) is 16.1. The molecule has 1 unspecified atom stereocenters. The van der Waals surface area contributed by atoms with Gasteiger partial charge in [-0.3, -0.25) is 9.59 Å². The number of imide groups is 1. The summed E-state index contributed by atoms with van der Waals surface area (Å²) in [7, 11) is 0. The maximum atomic E-state index is 12.7. The van der Waals surface area contributed by atoms with Crippen molar-refractivity contribution in [2.24, 2.45) is 0 Å². The van der Waals surface area contributed by atoms with Gasteiger partial charge < -0.3 is 4.57 Å². The Morgan fingerprint density at radius 3 is 2.15 bits per heavy atom. The summed E-state index contributed by atoms with van der Waals surface area (Å²) in [6, 6.07) is 19.2. The number of nitrogens with zero attached hydrogens (tertiary/aromatic N) is 2. The second kappa shape index (κ2) is 7.13. The van der Waals surface area contributed by atoms with Crippen molar-refractivity contribution in [2.75, 3.05) is 4.90 Å². The van der Waals surface area contributed by atoms with E-state index in [1.807, 2.05) is 65.5 Å². The van der Waals surface area contributed by atoms with Crippen LogP contribution in [-0.4, -0.2) is 21.6 Å². The molecular formula is C20H15BrN2O2S. The number of aromatic nitrogens is 1. The number of anilines is 1. The number of carbonyl (C=O) groups is 2. The molecule has 0 aliphatic carbocycles. The van der Waals surface area contributed by atoms with Crippen molar-refractivity contribution in [3.8, 4) is 5.69 Å². The van der Waals surface area contributed by atoms with E-state index in [0.717, 1.165) is 15.1 Å². The standard InChI is InChI=1S/C20H15BrN2O2S/c21-14-3-5-16(6-4-14)23-19(24)13-18(20(23)25)26-17-9-7-15(8-10-17)22-11-1-2-12-22/h1-12,18H,13H2. The molecule has 130 valence electrons. The molecule has 1 aliphatic rings. The second-order valence-corrected chi connectivity index (χ2v) is 8.13. The van der Waals surface area contributed by atoms with Crippen molar-refractivity contribution in [1.29, 1.82) is 0 Å². The van der Waals surface area contributed by atoms with Gasteiger partial charge in [-0.2, -0.15) is 0 Å². The Bertz CT molecular complexity index is 937. The number of rotatable bonds is 4. The van der Waals surface area contributed by atoms with E-state index in [0.29, 0.717) is 5.69 Å². The summed E-state index contributed by atoms with van der Waals surface area (Å²) in [4.78, 5) is 27.4. The average Bonchev–Trinajstić information content (AvgIpc) is 3.26. The number of halogens is 1. The zero-order valence-electron chi connectivity index (χ0n) is 13.7. The fourth-order valence-corrected chi connectivity index (χ4v) is 4.24. The predicted molar refractivity (Wildman–Crippen MR) is 107 cm³/mol. The van der Waals surface area contributed by atoms with Crippen molar-refractivity contribution in [1.82, 2.24) is 4.57 Å². The molecule has 0 saturated carbocycles. The van der Waals surface area contributed by atoms with Gasteiger partial charge in [-0.1, -0.05) is 15.9 Å². The van der Waals surface area contributed by atoms with Crippen LogP contribution in [0.4, 0.5) is 5.69 Å². The smallest absolute Gasteiger partial charge is 0.247 e. The van der Waals surface area contributed by atoms with Gasteiger partial charge >= 0.3 is 0 Å². The summed E-state index contributed by atoms with van der Waals surface area (Å²) < 4.78 is 2.93. The van der Waals surface area contributed by atoms with Crippen LogP contribution in [0.25, 0.3) is 5.69 Å². The first-order valence-electron chi connectivity index (χ1n) is 8.14. The summed E-state index contributed by atoms with van der Waals surface area (Å²) in [5.74, 6) is -0.310. The second-order valence-electron chi connectivity index (χ2n) is 5.94. The van der Waals surface area contributed by atoms with Crippen LogP contribution in [0.2, 0.25) is 0 Å². The van der Waals surface area contributed by atoms with E-state index >= 15 is 0 Å². The van der Waals surface area contributed by atoms with Crippen molar-refractivity contribution >= 4 is 45.2 Å². The van der Waals surface area contributed by atoms with Gasteiger partial charge in [-0.05, 0) is 60.7 Å². The van der Waals surface area contributed by atoms with E-state index in [1.54, 1.807) is 12.1 Å². The van der Waals surface area contributed by atoms with Gasteiger partial charge in [0.05, 0.1) is 10.9 Å². The first-order valence-corrected chi connectivity index (χ1v) is 9.81. The third-order valence-corrected chi connectivity index (χ3v) is 5.93. The van der Waals surface area contributed by atoms with E-state index in [4.69, 9.17) is 0 Å². The molecule has 2 amide bonds. The summed E-state index contributed by atoms with van der Waals surface area (Å²) >= 11 is 4.81. The molecule has 0 radical (unpaired) electrons. The predicted octanol–water partition coefficient (Wildman–Crippen LogP) is 4.66.